The van der Waals surface area contributed by atoms with E-state index in [9.17, 15) is 10.1 Å². The van der Waals surface area contributed by atoms with Crippen LogP contribution < -0.4 is 10.1 Å². The average molecular weight is 244 g/mol. The molecule has 0 atom stereocenters. The van der Waals surface area contributed by atoms with Crippen molar-refractivity contribution in [3.63, 3.8) is 0 Å². The molecule has 18 heavy (non-hydrogen) atoms. The van der Waals surface area contributed by atoms with E-state index < -0.39 is 4.92 Å². The van der Waals surface area contributed by atoms with Gasteiger partial charge in [-0.25, -0.2) is 0 Å². The smallest absolute Gasteiger partial charge is 0.273 e. The van der Waals surface area contributed by atoms with Crippen molar-refractivity contribution in [2.75, 3.05) is 12.4 Å². The van der Waals surface area contributed by atoms with Gasteiger partial charge in [-0.3, -0.25) is 10.1 Å². The maximum atomic E-state index is 10.6. The fourth-order valence-electron chi connectivity index (χ4n) is 1.49. The van der Waals surface area contributed by atoms with Gasteiger partial charge < -0.3 is 10.1 Å². The lowest BCUT2D eigenvalue weighted by atomic mass is 10.3. The van der Waals surface area contributed by atoms with Crippen LogP contribution in [0.25, 0.3) is 0 Å². The maximum absolute atomic E-state index is 10.6. The molecule has 0 saturated carbocycles. The van der Waals surface area contributed by atoms with E-state index in [0.717, 1.165) is 5.69 Å². The predicted octanol–water partition coefficient (Wildman–Crippen LogP) is 3.43. The maximum Gasteiger partial charge on any atom is 0.273 e. The summed E-state index contributed by atoms with van der Waals surface area (Å²) >= 11 is 0. The zero-order valence-corrected chi connectivity index (χ0v) is 9.79. The Morgan fingerprint density at radius 1 is 1.11 bits per heavy atom. The van der Waals surface area contributed by atoms with Crippen LogP contribution in [-0.4, -0.2) is 12.0 Å². The molecule has 5 heteroatoms. The van der Waals surface area contributed by atoms with Gasteiger partial charge in [-0.05, 0) is 30.3 Å². The van der Waals surface area contributed by atoms with E-state index in [2.05, 4.69) is 5.32 Å². The number of hydrogen-bond donors (Lipinski definition) is 1. The van der Waals surface area contributed by atoms with E-state index in [-0.39, 0.29) is 5.69 Å². The number of anilines is 1. The number of nitro benzene ring substituents is 1. The minimum atomic E-state index is -0.447. The summed E-state index contributed by atoms with van der Waals surface area (Å²) in [6.45, 7) is 0. The van der Waals surface area contributed by atoms with E-state index >= 15 is 0 Å². The van der Waals surface area contributed by atoms with E-state index in [0.29, 0.717) is 11.5 Å². The van der Waals surface area contributed by atoms with Crippen LogP contribution in [0.2, 0.25) is 0 Å². The first-order chi connectivity index (χ1) is 8.69. The SMILES string of the molecule is CNc1ccc(Oc2cccc([N+](=O)[O-])c2)cc1. The van der Waals surface area contributed by atoms with Gasteiger partial charge in [-0.2, -0.15) is 0 Å². The standard InChI is InChI=1S/C13H12N2O3/c1-14-10-5-7-12(8-6-10)18-13-4-2-3-11(9-13)15(16)17/h2-9,14H,1H3. The van der Waals surface area contributed by atoms with Gasteiger partial charge in [-0.1, -0.05) is 6.07 Å². The fraction of sp³-hybridized carbons (Fsp3) is 0.0769. The normalized spacial score (nSPS) is 9.83. The van der Waals surface area contributed by atoms with E-state index in [1.807, 2.05) is 19.2 Å². The summed E-state index contributed by atoms with van der Waals surface area (Å²) in [5.74, 6) is 1.08. The summed E-state index contributed by atoms with van der Waals surface area (Å²) in [6.07, 6.45) is 0. The molecule has 2 rings (SSSR count). The molecule has 0 fully saturated rings. The number of rotatable bonds is 4. The third-order valence-electron chi connectivity index (χ3n) is 2.41. The summed E-state index contributed by atoms with van der Waals surface area (Å²) in [5, 5.41) is 13.6. The summed E-state index contributed by atoms with van der Waals surface area (Å²) < 4.78 is 5.54. The Morgan fingerprint density at radius 2 is 1.83 bits per heavy atom. The second-order valence-corrected chi connectivity index (χ2v) is 3.63. The number of nitrogens with one attached hydrogen (secondary N) is 1. The Balaban J connectivity index is 2.17. The highest BCUT2D eigenvalue weighted by molar-refractivity contribution is 5.47. The minimum absolute atomic E-state index is 0.0133. The number of benzene rings is 2. The van der Waals surface area contributed by atoms with Crippen molar-refractivity contribution in [1.29, 1.82) is 0 Å². The molecule has 0 aliphatic heterocycles. The van der Waals surface area contributed by atoms with Crippen molar-refractivity contribution < 1.29 is 9.66 Å². The summed E-state index contributed by atoms with van der Waals surface area (Å²) in [5.41, 5.74) is 0.987. The molecular formula is C13H12N2O3. The van der Waals surface area contributed by atoms with Crippen LogP contribution in [0.15, 0.2) is 48.5 Å². The molecule has 1 N–H and O–H groups in total. The lowest BCUT2D eigenvalue weighted by Gasteiger charge is -2.06. The molecule has 2 aromatic rings. The first-order valence-electron chi connectivity index (χ1n) is 5.39. The van der Waals surface area contributed by atoms with Crippen molar-refractivity contribution in [2.24, 2.45) is 0 Å². The van der Waals surface area contributed by atoms with Crippen LogP contribution in [0.4, 0.5) is 11.4 Å². The van der Waals surface area contributed by atoms with Crippen molar-refractivity contribution in [1.82, 2.24) is 0 Å². The average Bonchev–Trinajstić information content (AvgIpc) is 2.40. The minimum Gasteiger partial charge on any atom is -0.457 e. The van der Waals surface area contributed by atoms with Crippen molar-refractivity contribution in [3.8, 4) is 11.5 Å². The second kappa shape index (κ2) is 5.18. The van der Waals surface area contributed by atoms with Crippen LogP contribution in [0, 0.1) is 10.1 Å². The molecule has 0 heterocycles. The van der Waals surface area contributed by atoms with Gasteiger partial charge in [0.2, 0.25) is 0 Å². The molecule has 0 bridgehead atoms. The third kappa shape index (κ3) is 2.76. The summed E-state index contributed by atoms with van der Waals surface area (Å²) in [7, 11) is 1.83. The molecule has 5 nitrogen and oxygen atoms in total. The number of non-ortho nitro benzene ring substituents is 1. The predicted molar refractivity (Wildman–Crippen MR) is 69.2 cm³/mol. The first kappa shape index (κ1) is 11.9. The number of nitrogens with zero attached hydrogens (tertiary/aromatic N) is 1. The zero-order chi connectivity index (χ0) is 13.0. The highest BCUT2D eigenvalue weighted by Gasteiger charge is 2.06. The van der Waals surface area contributed by atoms with Gasteiger partial charge in [-0.15, -0.1) is 0 Å². The highest BCUT2D eigenvalue weighted by atomic mass is 16.6. The van der Waals surface area contributed by atoms with Crippen LogP contribution >= 0.6 is 0 Å². The Kier molecular flexibility index (Phi) is 3.43. The van der Waals surface area contributed by atoms with Gasteiger partial charge in [0.05, 0.1) is 11.0 Å². The summed E-state index contributed by atoms with van der Waals surface area (Å²) in [4.78, 5) is 10.2. The van der Waals surface area contributed by atoms with Gasteiger partial charge in [0, 0.05) is 18.8 Å². The topological polar surface area (TPSA) is 64.4 Å². The van der Waals surface area contributed by atoms with Crippen LogP contribution in [0.5, 0.6) is 11.5 Å². The zero-order valence-electron chi connectivity index (χ0n) is 9.79. The van der Waals surface area contributed by atoms with E-state index in [4.69, 9.17) is 4.74 Å². The molecule has 0 aliphatic carbocycles. The van der Waals surface area contributed by atoms with Crippen LogP contribution in [0.3, 0.4) is 0 Å². The molecule has 0 amide bonds. The van der Waals surface area contributed by atoms with Crippen molar-refractivity contribution in [2.45, 2.75) is 0 Å². The van der Waals surface area contributed by atoms with Gasteiger partial charge in [0.1, 0.15) is 11.5 Å². The lowest BCUT2D eigenvalue weighted by molar-refractivity contribution is -0.384. The molecule has 92 valence electrons. The van der Waals surface area contributed by atoms with Gasteiger partial charge in [0.15, 0.2) is 0 Å². The Labute approximate surface area is 104 Å². The van der Waals surface area contributed by atoms with E-state index in [1.54, 1.807) is 24.3 Å². The monoisotopic (exact) mass is 244 g/mol. The molecule has 0 saturated heterocycles. The van der Waals surface area contributed by atoms with E-state index in [1.165, 1.54) is 12.1 Å². The van der Waals surface area contributed by atoms with Crippen molar-refractivity contribution >= 4 is 11.4 Å². The quantitative estimate of drug-likeness (QED) is 0.661. The first-order valence-corrected chi connectivity index (χ1v) is 5.39. The highest BCUT2D eigenvalue weighted by Crippen LogP contribution is 2.25. The second-order valence-electron chi connectivity index (χ2n) is 3.63. The van der Waals surface area contributed by atoms with Crippen LogP contribution in [0.1, 0.15) is 0 Å². The third-order valence-corrected chi connectivity index (χ3v) is 2.41. The van der Waals surface area contributed by atoms with Gasteiger partial charge >= 0.3 is 0 Å². The molecular weight excluding hydrogens is 232 g/mol. The fourth-order valence-corrected chi connectivity index (χ4v) is 1.49. The molecule has 2 aromatic carbocycles. The van der Waals surface area contributed by atoms with Crippen molar-refractivity contribution in [3.05, 3.63) is 58.6 Å². The molecule has 0 radical (unpaired) electrons. The Bertz CT molecular complexity index is 552. The van der Waals surface area contributed by atoms with Gasteiger partial charge in [0.25, 0.3) is 5.69 Å². The van der Waals surface area contributed by atoms with Crippen LogP contribution in [-0.2, 0) is 0 Å². The Hall–Kier alpha value is -2.56. The largest absolute Gasteiger partial charge is 0.457 e. The molecule has 0 spiro atoms. The lowest BCUT2D eigenvalue weighted by Crippen LogP contribution is -1.90. The molecule has 0 unspecified atom stereocenters. The summed E-state index contributed by atoms with van der Waals surface area (Å²) in [6, 6.07) is 13.4. The Morgan fingerprint density at radius 3 is 2.44 bits per heavy atom. The number of nitro groups is 1. The molecule has 0 aromatic heterocycles. The number of hydrogen-bond acceptors (Lipinski definition) is 4. The molecule has 0 aliphatic rings. The number of ether oxygens (including phenoxy) is 1.